The van der Waals surface area contributed by atoms with Crippen molar-refractivity contribution in [1.82, 2.24) is 0 Å². The Kier molecular flexibility index (Phi) is 5.83. The number of nitrogens with zero attached hydrogens (tertiary/aromatic N) is 1. The number of imide groups is 1. The molecule has 8 nitrogen and oxygen atoms in total. The highest BCUT2D eigenvalue weighted by molar-refractivity contribution is 7.92. The molecule has 0 aromatic heterocycles. The smallest absolute Gasteiger partial charge is 0.265 e. The van der Waals surface area contributed by atoms with Gasteiger partial charge in [-0.1, -0.05) is 30.3 Å². The number of amides is 2. The van der Waals surface area contributed by atoms with Crippen LogP contribution in [0.4, 0.5) is 11.4 Å². The zero-order valence-electron chi connectivity index (χ0n) is 17.1. The molecule has 1 fully saturated rings. The average Bonchev–Trinajstić information content (AvgIpc) is 3.13. The molecule has 1 heterocycles. The molecule has 0 spiro atoms. The minimum absolute atomic E-state index is 0.0711. The van der Waals surface area contributed by atoms with Gasteiger partial charge in [0.15, 0.2) is 5.75 Å². The fourth-order valence-corrected chi connectivity index (χ4v) is 4.59. The van der Waals surface area contributed by atoms with Gasteiger partial charge in [-0.3, -0.25) is 19.2 Å². The van der Waals surface area contributed by atoms with Gasteiger partial charge < -0.3 is 9.47 Å². The fourth-order valence-electron chi connectivity index (χ4n) is 3.33. The summed E-state index contributed by atoms with van der Waals surface area (Å²) in [5.41, 5.74) is 0.393. The highest BCUT2D eigenvalue weighted by atomic mass is 32.2. The summed E-state index contributed by atoms with van der Waals surface area (Å²) in [6.07, 6.45) is 0.185. The molecule has 0 bridgehead atoms. The van der Waals surface area contributed by atoms with E-state index < -0.39 is 10.0 Å². The minimum atomic E-state index is -4.16. The van der Waals surface area contributed by atoms with E-state index in [1.54, 1.807) is 48.5 Å². The maximum absolute atomic E-state index is 13.3. The molecule has 1 aliphatic rings. The second-order valence-corrected chi connectivity index (χ2v) is 8.63. The topological polar surface area (TPSA) is 102 Å². The van der Waals surface area contributed by atoms with Gasteiger partial charge in [-0.2, -0.15) is 0 Å². The van der Waals surface area contributed by atoms with Gasteiger partial charge in [0, 0.05) is 12.8 Å². The molecule has 4 rings (SSSR count). The molecule has 32 heavy (non-hydrogen) atoms. The highest BCUT2D eigenvalue weighted by Crippen LogP contribution is 2.35. The molecule has 3 aromatic carbocycles. The molecule has 0 atom stereocenters. The Hall–Kier alpha value is -3.85. The largest absolute Gasteiger partial charge is 0.495 e. The summed E-state index contributed by atoms with van der Waals surface area (Å²) in [5, 5.41) is 0. The second kappa shape index (κ2) is 8.72. The molecular weight excluding hydrogens is 432 g/mol. The van der Waals surface area contributed by atoms with Crippen molar-refractivity contribution >= 4 is 33.2 Å². The number of benzene rings is 3. The maximum atomic E-state index is 13.3. The van der Waals surface area contributed by atoms with Gasteiger partial charge in [-0.25, -0.2) is 8.42 Å². The van der Waals surface area contributed by atoms with E-state index in [0.29, 0.717) is 11.5 Å². The van der Waals surface area contributed by atoms with E-state index in [4.69, 9.17) is 9.47 Å². The minimum Gasteiger partial charge on any atom is -0.495 e. The molecule has 1 aliphatic heterocycles. The van der Waals surface area contributed by atoms with Crippen LogP contribution in [-0.4, -0.2) is 27.3 Å². The molecule has 164 valence electrons. The molecule has 3 aromatic rings. The van der Waals surface area contributed by atoms with Gasteiger partial charge in [-0.05, 0) is 42.5 Å². The summed E-state index contributed by atoms with van der Waals surface area (Å²) in [5.74, 6) is 0.171. The van der Waals surface area contributed by atoms with Gasteiger partial charge in [0.05, 0.1) is 18.5 Å². The van der Waals surface area contributed by atoms with E-state index in [-0.39, 0.29) is 46.7 Å². The summed E-state index contributed by atoms with van der Waals surface area (Å²) < 4.78 is 40.1. The van der Waals surface area contributed by atoms with Crippen molar-refractivity contribution in [3.8, 4) is 17.2 Å². The van der Waals surface area contributed by atoms with Crippen LogP contribution in [0.5, 0.6) is 17.2 Å². The predicted octanol–water partition coefficient (Wildman–Crippen LogP) is 3.94. The van der Waals surface area contributed by atoms with E-state index >= 15 is 0 Å². The molecule has 2 amide bonds. The standard InChI is InChI=1S/C23H20N2O6S/c1-30-20-12-11-16(25-22(26)13-14-23(25)27)15-21(20)32(28,29)24-18-9-5-6-10-19(18)31-17-7-3-2-4-8-17/h2-12,15,24H,13-14H2,1H3. The zero-order chi connectivity index (χ0) is 22.7. The number of rotatable bonds is 7. The number of hydrogen-bond acceptors (Lipinski definition) is 6. The number of hydrogen-bond donors (Lipinski definition) is 1. The molecule has 0 aliphatic carbocycles. The van der Waals surface area contributed by atoms with Crippen molar-refractivity contribution in [2.24, 2.45) is 0 Å². The summed E-state index contributed by atoms with van der Waals surface area (Å²) in [7, 11) is -2.82. The Morgan fingerprint density at radius 2 is 1.50 bits per heavy atom. The van der Waals surface area contributed by atoms with Crippen LogP contribution in [0.25, 0.3) is 0 Å². The number of nitrogens with one attached hydrogen (secondary N) is 1. The Morgan fingerprint density at radius 1 is 0.844 bits per heavy atom. The number of sulfonamides is 1. The van der Waals surface area contributed by atoms with Crippen LogP contribution >= 0.6 is 0 Å². The van der Waals surface area contributed by atoms with Crippen LogP contribution in [0.3, 0.4) is 0 Å². The van der Waals surface area contributed by atoms with Crippen LogP contribution in [-0.2, 0) is 19.6 Å². The number of carbonyl (C=O) groups is 2. The van der Waals surface area contributed by atoms with E-state index in [9.17, 15) is 18.0 Å². The van der Waals surface area contributed by atoms with Crippen LogP contribution < -0.4 is 19.1 Å². The summed E-state index contributed by atoms with van der Waals surface area (Å²) in [6, 6.07) is 19.7. The van der Waals surface area contributed by atoms with E-state index in [2.05, 4.69) is 4.72 Å². The quantitative estimate of drug-likeness (QED) is 0.545. The molecule has 1 saturated heterocycles. The summed E-state index contributed by atoms with van der Waals surface area (Å²) in [6.45, 7) is 0. The third-order valence-electron chi connectivity index (χ3n) is 4.85. The molecule has 0 radical (unpaired) electrons. The first-order valence-corrected chi connectivity index (χ1v) is 11.3. The highest BCUT2D eigenvalue weighted by Gasteiger charge is 2.32. The van der Waals surface area contributed by atoms with Gasteiger partial charge in [0.2, 0.25) is 11.8 Å². The third kappa shape index (κ3) is 4.28. The molecule has 0 unspecified atom stereocenters. The van der Waals surface area contributed by atoms with E-state index in [1.807, 2.05) is 6.07 Å². The number of carbonyl (C=O) groups excluding carboxylic acids is 2. The van der Waals surface area contributed by atoms with Crippen molar-refractivity contribution in [1.29, 1.82) is 0 Å². The molecule has 9 heteroatoms. The van der Waals surface area contributed by atoms with Crippen LogP contribution in [0.15, 0.2) is 77.7 Å². The summed E-state index contributed by atoms with van der Waals surface area (Å²) in [4.78, 5) is 25.0. The second-order valence-electron chi connectivity index (χ2n) is 6.97. The first-order valence-electron chi connectivity index (χ1n) is 9.77. The SMILES string of the molecule is COc1ccc(N2C(=O)CCC2=O)cc1S(=O)(=O)Nc1ccccc1Oc1ccccc1. The Morgan fingerprint density at radius 3 is 2.19 bits per heavy atom. The van der Waals surface area contributed by atoms with Crippen molar-refractivity contribution in [2.75, 3.05) is 16.7 Å². The van der Waals surface area contributed by atoms with Gasteiger partial charge in [0.25, 0.3) is 10.0 Å². The monoisotopic (exact) mass is 452 g/mol. The van der Waals surface area contributed by atoms with Gasteiger partial charge >= 0.3 is 0 Å². The first-order chi connectivity index (χ1) is 15.4. The Labute approximate surface area is 185 Å². The van der Waals surface area contributed by atoms with Crippen LogP contribution in [0, 0.1) is 0 Å². The van der Waals surface area contributed by atoms with Gasteiger partial charge in [-0.15, -0.1) is 0 Å². The lowest BCUT2D eigenvalue weighted by atomic mass is 10.2. The van der Waals surface area contributed by atoms with E-state index in [1.165, 1.54) is 25.3 Å². The predicted molar refractivity (Wildman–Crippen MR) is 118 cm³/mol. The van der Waals surface area contributed by atoms with Gasteiger partial charge in [0.1, 0.15) is 16.4 Å². The zero-order valence-corrected chi connectivity index (χ0v) is 18.0. The van der Waals surface area contributed by atoms with Crippen molar-refractivity contribution in [3.05, 3.63) is 72.8 Å². The average molecular weight is 452 g/mol. The normalized spacial score (nSPS) is 13.8. The van der Waals surface area contributed by atoms with E-state index in [0.717, 1.165) is 4.90 Å². The Bertz CT molecular complexity index is 1260. The Balaban J connectivity index is 1.69. The first kappa shape index (κ1) is 21.4. The lowest BCUT2D eigenvalue weighted by molar-refractivity contribution is -0.121. The van der Waals surface area contributed by atoms with Crippen molar-refractivity contribution < 1.29 is 27.5 Å². The lowest BCUT2D eigenvalue weighted by Crippen LogP contribution is -2.28. The van der Waals surface area contributed by atoms with Crippen LogP contribution in [0.2, 0.25) is 0 Å². The maximum Gasteiger partial charge on any atom is 0.265 e. The third-order valence-corrected chi connectivity index (χ3v) is 6.24. The van der Waals surface area contributed by atoms with Crippen molar-refractivity contribution in [2.45, 2.75) is 17.7 Å². The number of anilines is 2. The number of methoxy groups -OCH3 is 1. The lowest BCUT2D eigenvalue weighted by Gasteiger charge is -2.18. The number of ether oxygens (including phenoxy) is 2. The summed E-state index contributed by atoms with van der Waals surface area (Å²) >= 11 is 0. The fraction of sp³-hybridized carbons (Fsp3) is 0.130. The molecule has 1 N–H and O–H groups in total. The van der Waals surface area contributed by atoms with Crippen molar-refractivity contribution in [3.63, 3.8) is 0 Å². The van der Waals surface area contributed by atoms with Crippen LogP contribution in [0.1, 0.15) is 12.8 Å². The molecule has 0 saturated carbocycles. The molecular formula is C23H20N2O6S. The number of para-hydroxylation sites is 3.